The van der Waals surface area contributed by atoms with E-state index in [0.717, 1.165) is 45.2 Å². The standard InChI is InChI=1S/C51H71N5O10/c1-5-33(2)49(60)53-41-32-66-48(59)19-18-47(58)65-31-38(26-44(57)34(3)52-4)50(61)55-29-45(39-24-37(25-42(39)55)17-16-35-12-8-6-9-13-35)63-22-23-64-46-30-56(51(41)62)43-28-54(27-40(43)46)21-20-36-14-10-7-11-15-36/h6-15,33-34,37-43,45-46,52H,5,16-32H2,1-4H3,(H,53,60)/t33-,34+,37?,38+,39+,40+,41+,42-,43-,45-,46-/m1/s1. The highest BCUT2D eigenvalue weighted by Gasteiger charge is 2.52. The number of hydrogen-bond acceptors (Lipinski definition) is 12. The smallest absolute Gasteiger partial charge is 0.306 e. The molecule has 15 heteroatoms. The van der Waals surface area contributed by atoms with Gasteiger partial charge < -0.3 is 44.3 Å². The third-order valence-electron chi connectivity index (χ3n) is 14.9. The highest BCUT2D eigenvalue weighted by molar-refractivity contribution is 5.91. The summed E-state index contributed by atoms with van der Waals surface area (Å²) in [6.45, 7) is 8.06. The van der Waals surface area contributed by atoms with Gasteiger partial charge >= 0.3 is 11.9 Å². The van der Waals surface area contributed by atoms with Crippen LogP contribution in [0.25, 0.3) is 0 Å². The molecule has 4 heterocycles. The molecule has 0 radical (unpaired) electrons. The van der Waals surface area contributed by atoms with Gasteiger partial charge in [0.1, 0.15) is 25.0 Å². The number of aryl methyl sites for hydroxylation is 1. The molecule has 0 spiro atoms. The Morgan fingerprint density at radius 3 is 1.97 bits per heavy atom. The highest BCUT2D eigenvalue weighted by Crippen LogP contribution is 2.45. The van der Waals surface area contributed by atoms with Crippen molar-refractivity contribution in [3.8, 4) is 0 Å². The van der Waals surface area contributed by atoms with Gasteiger partial charge in [-0.25, -0.2) is 0 Å². The molecule has 15 nitrogen and oxygen atoms in total. The van der Waals surface area contributed by atoms with Crippen molar-refractivity contribution in [2.24, 2.45) is 29.6 Å². The van der Waals surface area contributed by atoms with Crippen LogP contribution in [-0.2, 0) is 60.6 Å². The summed E-state index contributed by atoms with van der Waals surface area (Å²) in [6.07, 6.45) is 3.67. The van der Waals surface area contributed by atoms with E-state index in [0.29, 0.717) is 32.0 Å². The molecule has 66 heavy (non-hydrogen) atoms. The molecule has 0 aromatic heterocycles. The summed E-state index contributed by atoms with van der Waals surface area (Å²) < 4.78 is 24.6. The molecule has 1 unspecified atom stereocenters. The Morgan fingerprint density at radius 2 is 1.33 bits per heavy atom. The summed E-state index contributed by atoms with van der Waals surface area (Å²) in [5.74, 6) is -3.39. The second-order valence-electron chi connectivity index (χ2n) is 19.2. The summed E-state index contributed by atoms with van der Waals surface area (Å²) in [5.41, 5.74) is 2.50. The predicted molar refractivity (Wildman–Crippen MR) is 246 cm³/mol. The van der Waals surface area contributed by atoms with Gasteiger partial charge in [0.2, 0.25) is 17.7 Å². The number of carbonyl (C=O) groups is 6. The van der Waals surface area contributed by atoms with Crippen molar-refractivity contribution in [1.82, 2.24) is 25.3 Å². The Bertz CT molecular complexity index is 1830. The Balaban J connectivity index is 1.12. The van der Waals surface area contributed by atoms with E-state index in [1.54, 1.807) is 25.8 Å². The van der Waals surface area contributed by atoms with Gasteiger partial charge in [-0.05, 0) is 69.5 Å². The Kier molecular flexibility index (Phi) is 17.4. The molecule has 3 amide bonds. The van der Waals surface area contributed by atoms with Gasteiger partial charge in [0.05, 0.1) is 56.3 Å². The number of benzene rings is 2. The van der Waals surface area contributed by atoms with E-state index >= 15 is 0 Å². The minimum Gasteiger partial charge on any atom is -0.465 e. The van der Waals surface area contributed by atoms with Crippen molar-refractivity contribution in [2.45, 2.75) is 115 Å². The molecule has 1 aliphatic carbocycles. The van der Waals surface area contributed by atoms with E-state index < -0.39 is 36.5 Å². The predicted octanol–water partition coefficient (Wildman–Crippen LogP) is 3.61. The zero-order chi connectivity index (χ0) is 46.7. The van der Waals surface area contributed by atoms with Gasteiger partial charge in [-0.15, -0.1) is 0 Å². The summed E-state index contributed by atoms with van der Waals surface area (Å²) in [7, 11) is 1.68. The maximum absolute atomic E-state index is 14.7. The van der Waals surface area contributed by atoms with Gasteiger partial charge in [-0.1, -0.05) is 74.5 Å². The van der Waals surface area contributed by atoms with Crippen LogP contribution < -0.4 is 10.6 Å². The van der Waals surface area contributed by atoms with Crippen molar-refractivity contribution >= 4 is 35.4 Å². The average molecular weight is 914 g/mol. The van der Waals surface area contributed by atoms with E-state index in [-0.39, 0.29) is 105 Å². The van der Waals surface area contributed by atoms with Crippen molar-refractivity contribution in [2.75, 3.05) is 66.2 Å². The van der Waals surface area contributed by atoms with Crippen LogP contribution in [0, 0.1) is 29.6 Å². The Morgan fingerprint density at radius 1 is 0.727 bits per heavy atom. The number of hydrogen-bond donors (Lipinski definition) is 2. The first-order chi connectivity index (χ1) is 31.9. The molecular formula is C51H71N5O10. The van der Waals surface area contributed by atoms with Crippen LogP contribution in [0.2, 0.25) is 0 Å². The number of fused-ring (bicyclic) bond motifs is 10. The van der Waals surface area contributed by atoms with Crippen molar-refractivity contribution in [3.05, 3.63) is 71.8 Å². The van der Waals surface area contributed by atoms with E-state index in [1.165, 1.54) is 11.1 Å². The topological polar surface area (TPSA) is 173 Å². The Labute approximate surface area is 389 Å². The monoisotopic (exact) mass is 914 g/mol. The number of esters is 2. The van der Waals surface area contributed by atoms with Gasteiger partial charge in [-0.2, -0.15) is 0 Å². The van der Waals surface area contributed by atoms with Crippen LogP contribution in [0.3, 0.4) is 0 Å². The number of likely N-dealkylation sites (tertiary alicyclic amines) is 1. The van der Waals surface area contributed by atoms with Crippen LogP contribution in [0.15, 0.2) is 60.7 Å². The second-order valence-corrected chi connectivity index (χ2v) is 19.2. The van der Waals surface area contributed by atoms with Crippen molar-refractivity contribution < 1.29 is 47.7 Å². The Hall–Kier alpha value is -4.70. The minimum atomic E-state index is -1.15. The number of carbonyl (C=O) groups excluding carboxylic acids is 6. The first-order valence-electron chi connectivity index (χ1n) is 24.4. The van der Waals surface area contributed by atoms with Crippen molar-refractivity contribution in [3.63, 3.8) is 0 Å². The highest BCUT2D eigenvalue weighted by atomic mass is 16.5. The van der Waals surface area contributed by atoms with Crippen LogP contribution in [0.5, 0.6) is 0 Å². The number of nitrogens with zero attached hydrogens (tertiary/aromatic N) is 3. The number of rotatable bonds is 13. The first-order valence-corrected chi connectivity index (χ1v) is 24.4. The zero-order valence-corrected chi connectivity index (χ0v) is 39.3. The fourth-order valence-corrected chi connectivity index (χ4v) is 10.7. The molecule has 360 valence electrons. The lowest BCUT2D eigenvalue weighted by Gasteiger charge is -2.30. The fraction of sp³-hybridized carbons (Fsp3) is 0.647. The largest absolute Gasteiger partial charge is 0.465 e. The number of amides is 3. The summed E-state index contributed by atoms with van der Waals surface area (Å²) in [5, 5.41) is 5.82. The van der Waals surface area contributed by atoms with Crippen LogP contribution in [0.4, 0.5) is 0 Å². The molecular weight excluding hydrogens is 843 g/mol. The number of Topliss-reactive ketones (excluding diaryl/α,β-unsaturated/α-hetero) is 1. The summed E-state index contributed by atoms with van der Waals surface area (Å²) >= 11 is 0. The quantitative estimate of drug-likeness (QED) is 0.280. The third-order valence-corrected chi connectivity index (χ3v) is 14.9. The van der Waals surface area contributed by atoms with Gasteiger partial charge in [0, 0.05) is 62.9 Å². The molecule has 2 aromatic carbocycles. The van der Waals surface area contributed by atoms with Gasteiger partial charge in [-0.3, -0.25) is 28.8 Å². The number of ketones is 1. The molecule has 4 saturated heterocycles. The number of likely N-dealkylation sites (N-methyl/N-ethyl adjacent to an activating group) is 1. The van der Waals surface area contributed by atoms with E-state index in [1.807, 2.05) is 36.1 Å². The zero-order valence-electron chi connectivity index (χ0n) is 39.3. The van der Waals surface area contributed by atoms with Crippen LogP contribution in [-0.4, -0.2) is 153 Å². The molecule has 5 aliphatic rings. The SMILES string of the molecule is CC[C@@H](C)C(=O)N[C@H]1COC(=O)CCC(=O)OC[C@H](CC(=O)[C@H](C)NC)C(=O)N2C[C@@H](OCCO[C@@H]3CN(C1=O)[C@@H]1CN(CCc4ccccc4)C[C@@H]13)[C@H]1CC(CCc3ccccc3)C[C@H]12. The van der Waals surface area contributed by atoms with Crippen molar-refractivity contribution in [1.29, 1.82) is 0 Å². The van der Waals surface area contributed by atoms with Gasteiger partial charge in [0.25, 0.3) is 0 Å². The normalized spacial score (nSPS) is 30.1. The molecule has 4 aliphatic heterocycles. The first kappa shape index (κ1) is 49.2. The lowest BCUT2D eigenvalue weighted by Crippen LogP contribution is -2.54. The molecule has 7 rings (SSSR count). The van der Waals surface area contributed by atoms with Crippen LogP contribution in [0.1, 0.15) is 76.8 Å². The molecule has 2 N–H and O–H groups in total. The fourth-order valence-electron chi connectivity index (χ4n) is 10.7. The lowest BCUT2D eigenvalue weighted by molar-refractivity contribution is -0.155. The van der Waals surface area contributed by atoms with E-state index in [4.69, 9.17) is 18.9 Å². The maximum Gasteiger partial charge on any atom is 0.306 e. The number of nitrogens with one attached hydrogen (secondary N) is 2. The summed E-state index contributed by atoms with van der Waals surface area (Å²) in [6, 6.07) is 18.8. The third kappa shape index (κ3) is 12.4. The van der Waals surface area contributed by atoms with Crippen LogP contribution >= 0.6 is 0 Å². The molecule has 1 saturated carbocycles. The van der Waals surface area contributed by atoms with E-state index in [2.05, 4.69) is 51.9 Å². The molecule has 5 fully saturated rings. The second kappa shape index (κ2) is 23.3. The number of cyclic esters (lactones) is 2. The minimum absolute atomic E-state index is 0.000241. The number of ether oxygens (including phenoxy) is 4. The average Bonchev–Trinajstić information content (AvgIpc) is 4.11. The molecule has 2 aromatic rings. The molecule has 4 bridgehead atoms. The van der Waals surface area contributed by atoms with E-state index in [9.17, 15) is 28.8 Å². The lowest BCUT2D eigenvalue weighted by atomic mass is 9.95. The van der Waals surface area contributed by atoms with Gasteiger partial charge in [0.15, 0.2) is 0 Å². The maximum atomic E-state index is 14.7. The summed E-state index contributed by atoms with van der Waals surface area (Å²) in [4.78, 5) is 88.3. The molecule has 11 atom stereocenters.